The summed E-state index contributed by atoms with van der Waals surface area (Å²) in [7, 11) is 0. The van der Waals surface area contributed by atoms with E-state index in [1.807, 2.05) is 6.20 Å². The number of benzene rings is 1. The van der Waals surface area contributed by atoms with Crippen LogP contribution in [0.5, 0.6) is 0 Å². The van der Waals surface area contributed by atoms with E-state index in [2.05, 4.69) is 40.5 Å². The first-order chi connectivity index (χ1) is 7.43. The van der Waals surface area contributed by atoms with Gasteiger partial charge in [0.1, 0.15) is 0 Å². The number of H-pyrrole nitrogens is 1. The van der Waals surface area contributed by atoms with Crippen molar-refractivity contribution in [3.63, 3.8) is 0 Å². The van der Waals surface area contributed by atoms with Crippen LogP contribution >= 0.6 is 0 Å². The maximum absolute atomic E-state index is 4.27. The standard InChI is InChI=1S/C13H14N2/c1-2-13-12(5-8-15-13)9-11(1)10-3-6-14-7-4-10/h1-2,5-6,8-10,15H,3-4,7H2. The van der Waals surface area contributed by atoms with Crippen molar-refractivity contribution >= 4 is 17.1 Å². The molecule has 1 N–H and O–H groups in total. The van der Waals surface area contributed by atoms with Gasteiger partial charge < -0.3 is 4.98 Å². The molecule has 0 spiro atoms. The highest BCUT2D eigenvalue weighted by atomic mass is 14.7. The summed E-state index contributed by atoms with van der Waals surface area (Å²) in [6.07, 6.45) is 6.34. The molecule has 1 aromatic heterocycles. The first kappa shape index (κ1) is 8.72. The largest absolute Gasteiger partial charge is 0.361 e. The fourth-order valence-corrected chi connectivity index (χ4v) is 2.27. The van der Waals surface area contributed by atoms with E-state index in [1.54, 1.807) is 0 Å². The van der Waals surface area contributed by atoms with Gasteiger partial charge in [-0.1, -0.05) is 6.07 Å². The average molecular weight is 198 g/mol. The second-order valence-corrected chi connectivity index (χ2v) is 4.13. The van der Waals surface area contributed by atoms with E-state index in [-0.39, 0.29) is 0 Å². The summed E-state index contributed by atoms with van der Waals surface area (Å²) >= 11 is 0. The van der Waals surface area contributed by atoms with Crippen LogP contribution in [0.15, 0.2) is 35.5 Å². The third kappa shape index (κ3) is 1.56. The summed E-state index contributed by atoms with van der Waals surface area (Å²) in [5, 5.41) is 1.31. The predicted molar refractivity (Wildman–Crippen MR) is 63.6 cm³/mol. The Bertz CT molecular complexity index is 496. The Morgan fingerprint density at radius 3 is 3.13 bits per heavy atom. The van der Waals surface area contributed by atoms with Crippen molar-refractivity contribution < 1.29 is 0 Å². The van der Waals surface area contributed by atoms with E-state index < -0.39 is 0 Å². The summed E-state index contributed by atoms with van der Waals surface area (Å²) in [6, 6.07) is 8.85. The molecule has 2 heteroatoms. The Morgan fingerprint density at radius 1 is 1.27 bits per heavy atom. The zero-order valence-electron chi connectivity index (χ0n) is 8.61. The van der Waals surface area contributed by atoms with E-state index >= 15 is 0 Å². The van der Waals surface area contributed by atoms with Gasteiger partial charge in [0.15, 0.2) is 0 Å². The molecule has 0 radical (unpaired) electrons. The van der Waals surface area contributed by atoms with Crippen molar-refractivity contribution in [2.45, 2.75) is 18.8 Å². The number of aromatic amines is 1. The number of aliphatic imine (C=N–C) groups is 1. The Balaban J connectivity index is 1.99. The van der Waals surface area contributed by atoms with Crippen LogP contribution in [-0.2, 0) is 0 Å². The molecular formula is C13H14N2. The van der Waals surface area contributed by atoms with Gasteiger partial charge >= 0.3 is 0 Å². The monoisotopic (exact) mass is 198 g/mol. The number of rotatable bonds is 1. The van der Waals surface area contributed by atoms with Crippen LogP contribution in [0.4, 0.5) is 0 Å². The van der Waals surface area contributed by atoms with Gasteiger partial charge in [-0.25, -0.2) is 0 Å². The normalized spacial score (nSPS) is 20.9. The molecule has 3 rings (SSSR count). The predicted octanol–water partition coefficient (Wildman–Crippen LogP) is 3.12. The number of nitrogens with one attached hydrogen (secondary N) is 1. The SMILES string of the molecule is C1=NCCC(c2ccc3[nH]ccc3c2)C1. The summed E-state index contributed by atoms with van der Waals surface area (Å²) in [6.45, 7) is 0.982. The van der Waals surface area contributed by atoms with Crippen molar-refractivity contribution in [2.24, 2.45) is 4.99 Å². The Morgan fingerprint density at radius 2 is 2.27 bits per heavy atom. The van der Waals surface area contributed by atoms with Gasteiger partial charge in [0, 0.05) is 18.3 Å². The number of nitrogens with zero attached hydrogens (tertiary/aromatic N) is 1. The highest BCUT2D eigenvalue weighted by Gasteiger charge is 2.13. The van der Waals surface area contributed by atoms with Gasteiger partial charge in [-0.2, -0.15) is 0 Å². The van der Waals surface area contributed by atoms with Crippen LogP contribution in [0.3, 0.4) is 0 Å². The quantitative estimate of drug-likeness (QED) is 0.729. The molecule has 76 valence electrons. The molecule has 0 bridgehead atoms. The van der Waals surface area contributed by atoms with Crippen molar-refractivity contribution in [1.29, 1.82) is 0 Å². The molecule has 1 atom stereocenters. The molecule has 1 aromatic carbocycles. The van der Waals surface area contributed by atoms with Crippen molar-refractivity contribution in [2.75, 3.05) is 6.54 Å². The van der Waals surface area contributed by atoms with Crippen molar-refractivity contribution in [1.82, 2.24) is 4.98 Å². The fraction of sp³-hybridized carbons (Fsp3) is 0.308. The zero-order valence-corrected chi connectivity index (χ0v) is 8.61. The lowest BCUT2D eigenvalue weighted by Crippen LogP contribution is -2.06. The summed E-state index contributed by atoms with van der Waals surface area (Å²) in [5.41, 5.74) is 2.68. The molecule has 0 aliphatic carbocycles. The number of hydrogen-bond acceptors (Lipinski definition) is 1. The highest BCUT2D eigenvalue weighted by Crippen LogP contribution is 2.27. The summed E-state index contributed by atoms with van der Waals surface area (Å²) < 4.78 is 0. The minimum atomic E-state index is 0.668. The second-order valence-electron chi connectivity index (χ2n) is 4.13. The first-order valence-corrected chi connectivity index (χ1v) is 5.49. The van der Waals surface area contributed by atoms with Crippen LogP contribution in [-0.4, -0.2) is 17.7 Å². The van der Waals surface area contributed by atoms with Gasteiger partial charge in [-0.3, -0.25) is 4.99 Å². The van der Waals surface area contributed by atoms with E-state index in [0.717, 1.165) is 13.0 Å². The minimum Gasteiger partial charge on any atom is -0.361 e. The first-order valence-electron chi connectivity index (χ1n) is 5.49. The van der Waals surface area contributed by atoms with Crippen molar-refractivity contribution in [3.05, 3.63) is 36.0 Å². The average Bonchev–Trinajstić information content (AvgIpc) is 2.77. The van der Waals surface area contributed by atoms with Gasteiger partial charge in [0.25, 0.3) is 0 Å². The van der Waals surface area contributed by atoms with Crippen LogP contribution < -0.4 is 0 Å². The van der Waals surface area contributed by atoms with E-state index in [4.69, 9.17) is 0 Å². The van der Waals surface area contributed by atoms with Gasteiger partial charge in [-0.05, 0) is 54.1 Å². The molecule has 1 aliphatic heterocycles. The van der Waals surface area contributed by atoms with E-state index in [9.17, 15) is 0 Å². The summed E-state index contributed by atoms with van der Waals surface area (Å²) in [5.74, 6) is 0.668. The van der Waals surface area contributed by atoms with Gasteiger partial charge in [-0.15, -0.1) is 0 Å². The number of fused-ring (bicyclic) bond motifs is 1. The minimum absolute atomic E-state index is 0.668. The molecule has 0 fully saturated rings. The van der Waals surface area contributed by atoms with Crippen LogP contribution in [0.1, 0.15) is 24.3 Å². The molecule has 1 unspecified atom stereocenters. The zero-order chi connectivity index (χ0) is 10.1. The molecular weight excluding hydrogens is 184 g/mol. The van der Waals surface area contributed by atoms with Crippen LogP contribution in [0, 0.1) is 0 Å². The topological polar surface area (TPSA) is 28.1 Å². The van der Waals surface area contributed by atoms with Gasteiger partial charge in [0.2, 0.25) is 0 Å². The molecule has 2 aromatic rings. The fourth-order valence-electron chi connectivity index (χ4n) is 2.27. The maximum atomic E-state index is 4.27. The van der Waals surface area contributed by atoms with E-state index in [1.165, 1.54) is 22.9 Å². The molecule has 15 heavy (non-hydrogen) atoms. The molecule has 2 nitrogen and oxygen atoms in total. The Labute approximate surface area is 89.0 Å². The van der Waals surface area contributed by atoms with Crippen molar-refractivity contribution in [3.8, 4) is 0 Å². The molecule has 1 aliphatic rings. The lowest BCUT2D eigenvalue weighted by molar-refractivity contribution is 0.638. The molecule has 0 saturated heterocycles. The smallest absolute Gasteiger partial charge is 0.0454 e. The third-order valence-electron chi connectivity index (χ3n) is 3.17. The van der Waals surface area contributed by atoms with E-state index in [0.29, 0.717) is 5.92 Å². The van der Waals surface area contributed by atoms with Crippen LogP contribution in [0.2, 0.25) is 0 Å². The highest BCUT2D eigenvalue weighted by molar-refractivity contribution is 5.80. The lowest BCUT2D eigenvalue weighted by Gasteiger charge is -2.17. The van der Waals surface area contributed by atoms with Gasteiger partial charge in [0.05, 0.1) is 0 Å². The molecule has 2 heterocycles. The second kappa shape index (κ2) is 3.54. The Hall–Kier alpha value is -1.57. The molecule has 0 amide bonds. The summed E-state index contributed by atoms with van der Waals surface area (Å²) in [4.78, 5) is 7.50. The number of hydrogen-bond donors (Lipinski definition) is 1. The van der Waals surface area contributed by atoms with Crippen LogP contribution in [0.25, 0.3) is 10.9 Å². The lowest BCUT2D eigenvalue weighted by atomic mass is 9.91. The Kier molecular flexibility index (Phi) is 2.05. The molecule has 0 saturated carbocycles. The third-order valence-corrected chi connectivity index (χ3v) is 3.17. The number of aromatic nitrogens is 1. The maximum Gasteiger partial charge on any atom is 0.0454 e.